The van der Waals surface area contributed by atoms with Gasteiger partial charge < -0.3 is 29.9 Å². The Morgan fingerprint density at radius 3 is 1.78 bits per heavy atom. The van der Waals surface area contributed by atoms with Crippen molar-refractivity contribution in [1.82, 2.24) is 24.5 Å². The molecular formula is C47H58LuN6O11. The Hall–Kier alpha value is -4.93. The maximum absolute atomic E-state index is 13.3. The van der Waals surface area contributed by atoms with Crippen LogP contribution in [0.5, 0.6) is 5.75 Å². The normalized spacial score (nSPS) is 17.5. The molecule has 2 heterocycles. The Morgan fingerprint density at radius 1 is 0.692 bits per heavy atom. The van der Waals surface area contributed by atoms with Gasteiger partial charge in [0.2, 0.25) is 0 Å². The van der Waals surface area contributed by atoms with E-state index < -0.39 is 35.9 Å². The minimum Gasteiger partial charge on any atom is -0.490 e. The maximum atomic E-state index is 13.3. The number of hydrogen-bond donors (Lipinski definition) is 4. The van der Waals surface area contributed by atoms with Crippen LogP contribution in [-0.2, 0) is 35.3 Å². The van der Waals surface area contributed by atoms with Crippen LogP contribution in [-0.4, -0.2) is 179 Å². The quantitative estimate of drug-likeness (QED) is 0.0813. The van der Waals surface area contributed by atoms with Crippen molar-refractivity contribution >= 4 is 42.0 Å². The Bertz CT molecular complexity index is 2140. The Kier molecular flexibility index (Phi) is 21.8. The standard InChI is InChI=1S/C47H58N6O11.Lu/c1-34-26-38(29-53-15-6-5-12-41(53)47(61)62)42(27-37(34)14-13-36-10-7-11-39(40(36)28-48)35-8-3-2-4-9-35)63-24-25-64-46(60)33-52-22-20-50(31-44(56)57)18-16-49(30-43(54)55)17-19-51(21-23-52)32-45(58)59;/h2-4,7-11,13-14,26-27,41H,5-6,12,15-25,29-33H2,1H3,(H,54,55)(H,56,57)(H,58,59)(H,61,62);/b14-13+;/t41-;/m0./s1. The number of aryl methyl sites for hydroxylation is 1. The maximum Gasteiger partial charge on any atom is 0.320 e. The first-order chi connectivity index (χ1) is 30.8. The van der Waals surface area contributed by atoms with Crippen LogP contribution < -0.4 is 4.74 Å². The van der Waals surface area contributed by atoms with Crippen molar-refractivity contribution in [2.75, 3.05) is 98.3 Å². The van der Waals surface area contributed by atoms with E-state index in [9.17, 15) is 49.7 Å². The van der Waals surface area contributed by atoms with Crippen LogP contribution in [0.15, 0.2) is 60.7 Å². The predicted molar refractivity (Wildman–Crippen MR) is 238 cm³/mol. The van der Waals surface area contributed by atoms with Crippen molar-refractivity contribution in [3.05, 3.63) is 88.5 Å². The predicted octanol–water partition coefficient (Wildman–Crippen LogP) is 3.54. The van der Waals surface area contributed by atoms with Gasteiger partial charge in [-0.1, -0.05) is 73.2 Å². The number of carboxylic acids is 4. The number of piperidine rings is 1. The fourth-order valence-corrected chi connectivity index (χ4v) is 8.07. The smallest absolute Gasteiger partial charge is 0.320 e. The molecule has 0 spiro atoms. The number of carbonyl (C=O) groups excluding carboxylic acids is 1. The van der Waals surface area contributed by atoms with E-state index in [1.165, 1.54) is 0 Å². The van der Waals surface area contributed by atoms with E-state index in [-0.39, 0.29) is 129 Å². The molecule has 65 heavy (non-hydrogen) atoms. The largest absolute Gasteiger partial charge is 0.490 e. The van der Waals surface area contributed by atoms with Crippen LogP contribution in [0.2, 0.25) is 0 Å². The molecule has 2 aliphatic rings. The molecule has 1 radical (unpaired) electrons. The molecule has 17 nitrogen and oxygen atoms in total. The summed E-state index contributed by atoms with van der Waals surface area (Å²) in [5.74, 6) is -4.08. The molecule has 0 amide bonds. The summed E-state index contributed by atoms with van der Waals surface area (Å²) in [6.07, 6.45) is 6.04. The number of ether oxygens (including phenoxy) is 2. The third kappa shape index (κ3) is 17.1. The zero-order valence-electron chi connectivity index (χ0n) is 36.5. The number of likely N-dealkylation sites (tertiary alicyclic amines) is 1. The zero-order valence-corrected chi connectivity index (χ0v) is 38.2. The molecule has 0 aromatic heterocycles. The van der Waals surface area contributed by atoms with Gasteiger partial charge in [-0.3, -0.25) is 48.5 Å². The van der Waals surface area contributed by atoms with Crippen molar-refractivity contribution in [3.8, 4) is 22.9 Å². The van der Waals surface area contributed by atoms with Gasteiger partial charge in [-0.05, 0) is 54.6 Å². The first kappa shape index (κ1) is 52.7. The number of carbonyl (C=O) groups is 5. The average molecular weight is 1060 g/mol. The molecule has 0 saturated carbocycles. The number of carboxylic acid groups (broad SMARTS) is 4. The minimum atomic E-state index is -1.05. The molecule has 5 rings (SSSR count). The number of nitrogens with zero attached hydrogens (tertiary/aromatic N) is 6. The van der Waals surface area contributed by atoms with Gasteiger partial charge in [0, 0.05) is 107 Å². The number of nitriles is 1. The van der Waals surface area contributed by atoms with Crippen LogP contribution in [0, 0.1) is 55.1 Å². The molecule has 2 aliphatic heterocycles. The monoisotopic (exact) mass is 1060 g/mol. The fourth-order valence-electron chi connectivity index (χ4n) is 8.07. The number of hydrogen-bond acceptors (Lipinski definition) is 13. The van der Waals surface area contributed by atoms with Gasteiger partial charge in [0.1, 0.15) is 31.1 Å². The first-order valence-corrected chi connectivity index (χ1v) is 21.5. The molecule has 4 N–H and O–H groups in total. The summed E-state index contributed by atoms with van der Waals surface area (Å²) >= 11 is 0. The van der Waals surface area contributed by atoms with Crippen LogP contribution in [0.4, 0.5) is 0 Å². The third-order valence-electron chi connectivity index (χ3n) is 11.4. The van der Waals surface area contributed by atoms with Crippen LogP contribution in [0.25, 0.3) is 23.3 Å². The summed E-state index contributed by atoms with van der Waals surface area (Å²) < 4.78 is 11.9. The molecule has 2 fully saturated rings. The summed E-state index contributed by atoms with van der Waals surface area (Å²) in [5.41, 5.74) is 5.54. The van der Waals surface area contributed by atoms with Crippen LogP contribution >= 0.6 is 0 Å². The SMILES string of the molecule is Cc1cc(CN2CCCC[C@H]2C(=O)O)c(OCCOC(=O)CN2CCN(CC(=O)O)CCN(CC(=O)O)CCN(CC(=O)O)CC2)cc1/C=C/c1cccc(-c2ccccc2)c1C#N.[Lu]. The van der Waals surface area contributed by atoms with Crippen molar-refractivity contribution in [3.63, 3.8) is 0 Å². The Labute approximate surface area is 408 Å². The fraction of sp³-hybridized carbons (Fsp3) is 0.447. The van der Waals surface area contributed by atoms with E-state index in [1.807, 2.05) is 84.6 Å². The van der Waals surface area contributed by atoms with Gasteiger partial charge in [0.05, 0.1) is 31.7 Å². The summed E-state index contributed by atoms with van der Waals surface area (Å²) in [5, 5.41) is 48.7. The van der Waals surface area contributed by atoms with Gasteiger partial charge in [-0.25, -0.2) is 0 Å². The second-order valence-corrected chi connectivity index (χ2v) is 16.1. The molecule has 2 saturated heterocycles. The van der Waals surface area contributed by atoms with E-state index in [1.54, 1.807) is 19.6 Å². The number of benzene rings is 3. The molecule has 0 aliphatic carbocycles. The molecule has 0 bridgehead atoms. The Morgan fingerprint density at radius 2 is 1.25 bits per heavy atom. The van der Waals surface area contributed by atoms with Gasteiger partial charge in [-0.2, -0.15) is 5.26 Å². The van der Waals surface area contributed by atoms with Gasteiger partial charge in [-0.15, -0.1) is 0 Å². The summed E-state index contributed by atoms with van der Waals surface area (Å²) in [4.78, 5) is 69.1. The van der Waals surface area contributed by atoms with E-state index in [2.05, 4.69) is 6.07 Å². The number of esters is 1. The van der Waals surface area contributed by atoms with Gasteiger partial charge >= 0.3 is 29.8 Å². The van der Waals surface area contributed by atoms with E-state index in [0.29, 0.717) is 30.8 Å². The number of rotatable bonds is 18. The minimum absolute atomic E-state index is 0. The van der Waals surface area contributed by atoms with Crippen molar-refractivity contribution in [2.45, 2.75) is 38.8 Å². The summed E-state index contributed by atoms with van der Waals surface area (Å²) in [6.45, 7) is 3.85. The molecule has 18 heteroatoms. The summed E-state index contributed by atoms with van der Waals surface area (Å²) in [7, 11) is 0. The van der Waals surface area contributed by atoms with Gasteiger partial charge in [0.15, 0.2) is 0 Å². The van der Waals surface area contributed by atoms with Crippen LogP contribution in [0.3, 0.4) is 0 Å². The van der Waals surface area contributed by atoms with Crippen molar-refractivity contribution in [2.24, 2.45) is 0 Å². The first-order valence-electron chi connectivity index (χ1n) is 21.5. The zero-order chi connectivity index (χ0) is 46.0. The molecular weight excluding hydrogens is 1000 g/mol. The molecule has 1 atom stereocenters. The summed E-state index contributed by atoms with van der Waals surface area (Å²) in [6, 6.07) is 21.0. The Balaban J connectivity index is 0.00000925. The molecule has 357 valence electrons. The van der Waals surface area contributed by atoms with Crippen LogP contribution in [0.1, 0.15) is 47.1 Å². The molecule has 3 aromatic rings. The average Bonchev–Trinajstić information content (AvgIpc) is 3.26. The van der Waals surface area contributed by atoms with Crippen molar-refractivity contribution < 1.29 is 90.7 Å². The molecule has 3 aromatic carbocycles. The third-order valence-corrected chi connectivity index (χ3v) is 11.4. The molecule has 0 unspecified atom stereocenters. The second-order valence-electron chi connectivity index (χ2n) is 16.1. The van der Waals surface area contributed by atoms with E-state index >= 15 is 0 Å². The van der Waals surface area contributed by atoms with Crippen molar-refractivity contribution in [1.29, 1.82) is 5.26 Å². The van der Waals surface area contributed by atoms with E-state index in [0.717, 1.165) is 46.2 Å². The number of aliphatic carboxylic acids is 4. The van der Waals surface area contributed by atoms with Gasteiger partial charge in [0.25, 0.3) is 0 Å². The topological polar surface area (TPSA) is 225 Å². The van der Waals surface area contributed by atoms with E-state index in [4.69, 9.17) is 9.47 Å². The second kappa shape index (κ2) is 26.9.